The lowest BCUT2D eigenvalue weighted by Gasteiger charge is -2.17. The molecule has 3 heteroatoms. The van der Waals surface area contributed by atoms with E-state index in [9.17, 15) is 0 Å². The minimum atomic E-state index is 0.168. The van der Waals surface area contributed by atoms with Crippen LogP contribution in [0.3, 0.4) is 0 Å². The smallest absolute Gasteiger partial charge is 0.126 e. The van der Waals surface area contributed by atoms with E-state index in [1.165, 1.54) is 9.75 Å². The Hall–Kier alpha value is -1.06. The Morgan fingerprint density at radius 1 is 1.15 bits per heavy atom. The minimum absolute atomic E-state index is 0.168. The maximum atomic E-state index is 5.94. The van der Waals surface area contributed by atoms with E-state index in [2.05, 4.69) is 64.2 Å². The SMILES string of the molecule is CCNC(c1ccc(CC)o1)c1ccc(C(C)(C)C)s1. The first kappa shape index (κ1) is 15.3. The topological polar surface area (TPSA) is 25.2 Å². The van der Waals surface area contributed by atoms with Crippen molar-refractivity contribution < 1.29 is 4.42 Å². The number of aryl methyl sites for hydroxylation is 1. The van der Waals surface area contributed by atoms with Crippen LogP contribution in [0.2, 0.25) is 0 Å². The standard InChI is InChI=1S/C17H25NOS/c1-6-12-8-9-13(19-12)16(18-7-2)14-10-11-15(20-14)17(3,4)5/h8-11,16,18H,6-7H2,1-5H3. The van der Waals surface area contributed by atoms with Crippen molar-refractivity contribution >= 4 is 11.3 Å². The second-order valence-corrected chi connectivity index (χ2v) is 7.22. The van der Waals surface area contributed by atoms with Crippen LogP contribution in [0.4, 0.5) is 0 Å². The van der Waals surface area contributed by atoms with Gasteiger partial charge in [-0.25, -0.2) is 0 Å². The van der Waals surface area contributed by atoms with E-state index in [1.807, 2.05) is 11.3 Å². The van der Waals surface area contributed by atoms with Crippen LogP contribution >= 0.6 is 11.3 Å². The molecule has 110 valence electrons. The predicted octanol–water partition coefficient (Wildman–Crippen LogP) is 4.90. The summed E-state index contributed by atoms with van der Waals surface area (Å²) in [5.41, 5.74) is 0.206. The number of thiophene rings is 1. The number of rotatable bonds is 5. The molecular formula is C17H25NOS. The first-order valence-corrected chi connectivity index (χ1v) is 8.19. The molecule has 0 aliphatic heterocycles. The lowest BCUT2D eigenvalue weighted by Crippen LogP contribution is -2.20. The van der Waals surface area contributed by atoms with Gasteiger partial charge >= 0.3 is 0 Å². The minimum Gasteiger partial charge on any atom is -0.464 e. The molecule has 2 heterocycles. The first-order chi connectivity index (χ1) is 9.45. The molecule has 20 heavy (non-hydrogen) atoms. The van der Waals surface area contributed by atoms with Gasteiger partial charge in [-0.05, 0) is 36.2 Å². The maximum absolute atomic E-state index is 5.94. The summed E-state index contributed by atoms with van der Waals surface area (Å²) in [6.07, 6.45) is 0.941. The molecule has 0 saturated heterocycles. The molecule has 0 spiro atoms. The fraction of sp³-hybridized carbons (Fsp3) is 0.529. The van der Waals surface area contributed by atoms with Crippen molar-refractivity contribution in [2.24, 2.45) is 0 Å². The van der Waals surface area contributed by atoms with Crippen LogP contribution in [0, 0.1) is 0 Å². The summed E-state index contributed by atoms with van der Waals surface area (Å²) >= 11 is 1.88. The van der Waals surface area contributed by atoms with Crippen molar-refractivity contribution in [1.82, 2.24) is 5.32 Å². The molecule has 1 N–H and O–H groups in total. The van der Waals surface area contributed by atoms with Gasteiger partial charge in [-0.1, -0.05) is 34.6 Å². The Kier molecular flexibility index (Phi) is 4.71. The summed E-state index contributed by atoms with van der Waals surface area (Å²) in [7, 11) is 0. The molecule has 0 aliphatic rings. The van der Waals surface area contributed by atoms with Gasteiger partial charge in [0.15, 0.2) is 0 Å². The molecule has 0 saturated carbocycles. The lowest BCUT2D eigenvalue weighted by molar-refractivity contribution is 0.428. The molecule has 2 aromatic rings. The Morgan fingerprint density at radius 2 is 1.90 bits per heavy atom. The number of hydrogen-bond donors (Lipinski definition) is 1. The highest BCUT2D eigenvalue weighted by Gasteiger charge is 2.22. The molecule has 0 aliphatic carbocycles. The Morgan fingerprint density at radius 3 is 2.40 bits per heavy atom. The summed E-state index contributed by atoms with van der Waals surface area (Å²) in [5.74, 6) is 2.07. The number of furan rings is 1. The zero-order chi connectivity index (χ0) is 14.8. The third-order valence-corrected chi connectivity index (χ3v) is 4.95. The maximum Gasteiger partial charge on any atom is 0.126 e. The molecule has 2 rings (SSSR count). The lowest BCUT2D eigenvalue weighted by atomic mass is 9.95. The van der Waals surface area contributed by atoms with E-state index in [4.69, 9.17) is 4.42 Å². The molecule has 0 aromatic carbocycles. The second-order valence-electron chi connectivity index (χ2n) is 6.10. The number of hydrogen-bond acceptors (Lipinski definition) is 3. The third-order valence-electron chi connectivity index (χ3n) is 3.37. The van der Waals surface area contributed by atoms with Gasteiger partial charge in [-0.15, -0.1) is 11.3 Å². The zero-order valence-corrected chi connectivity index (χ0v) is 13.9. The van der Waals surface area contributed by atoms with Crippen LogP contribution in [0.1, 0.15) is 61.9 Å². The van der Waals surface area contributed by atoms with Crippen LogP contribution < -0.4 is 5.32 Å². The van der Waals surface area contributed by atoms with Gasteiger partial charge in [-0.3, -0.25) is 0 Å². The van der Waals surface area contributed by atoms with Gasteiger partial charge in [0.25, 0.3) is 0 Å². The van der Waals surface area contributed by atoms with Gasteiger partial charge in [0.2, 0.25) is 0 Å². The summed E-state index contributed by atoms with van der Waals surface area (Å²) < 4.78 is 5.94. The zero-order valence-electron chi connectivity index (χ0n) is 13.1. The van der Waals surface area contributed by atoms with Gasteiger partial charge < -0.3 is 9.73 Å². The highest BCUT2D eigenvalue weighted by molar-refractivity contribution is 7.12. The Labute approximate surface area is 126 Å². The quantitative estimate of drug-likeness (QED) is 0.847. The van der Waals surface area contributed by atoms with E-state index in [0.717, 1.165) is 24.5 Å². The van der Waals surface area contributed by atoms with Gasteiger partial charge in [0.05, 0.1) is 0 Å². The van der Waals surface area contributed by atoms with E-state index < -0.39 is 0 Å². The van der Waals surface area contributed by atoms with Crippen molar-refractivity contribution in [3.05, 3.63) is 45.5 Å². The monoisotopic (exact) mass is 291 g/mol. The Bertz CT molecular complexity index is 547. The van der Waals surface area contributed by atoms with Crippen LogP contribution in [-0.2, 0) is 11.8 Å². The largest absolute Gasteiger partial charge is 0.464 e. The third kappa shape index (κ3) is 3.33. The van der Waals surface area contributed by atoms with E-state index >= 15 is 0 Å². The summed E-state index contributed by atoms with van der Waals surface area (Å²) in [5, 5.41) is 3.53. The Balaban J connectivity index is 2.30. The highest BCUT2D eigenvalue weighted by atomic mass is 32.1. The molecule has 0 bridgehead atoms. The molecule has 0 fully saturated rings. The molecule has 2 nitrogen and oxygen atoms in total. The van der Waals surface area contributed by atoms with Crippen molar-refractivity contribution in [3.63, 3.8) is 0 Å². The first-order valence-electron chi connectivity index (χ1n) is 7.38. The molecule has 2 aromatic heterocycles. The van der Waals surface area contributed by atoms with Crippen molar-refractivity contribution in [3.8, 4) is 0 Å². The highest BCUT2D eigenvalue weighted by Crippen LogP contribution is 2.35. The van der Waals surface area contributed by atoms with Crippen molar-refractivity contribution in [1.29, 1.82) is 0 Å². The molecule has 0 amide bonds. The van der Waals surface area contributed by atoms with Gasteiger partial charge in [0, 0.05) is 16.2 Å². The average molecular weight is 291 g/mol. The molecule has 1 atom stereocenters. The average Bonchev–Trinajstić information content (AvgIpc) is 3.04. The number of nitrogens with one attached hydrogen (secondary N) is 1. The fourth-order valence-electron chi connectivity index (χ4n) is 2.20. The van der Waals surface area contributed by atoms with E-state index in [0.29, 0.717) is 0 Å². The van der Waals surface area contributed by atoms with Crippen LogP contribution in [0.25, 0.3) is 0 Å². The van der Waals surface area contributed by atoms with Gasteiger partial charge in [0.1, 0.15) is 17.6 Å². The van der Waals surface area contributed by atoms with Crippen molar-refractivity contribution in [2.75, 3.05) is 6.54 Å². The molecule has 1 unspecified atom stereocenters. The normalized spacial score (nSPS) is 13.7. The van der Waals surface area contributed by atoms with Crippen molar-refractivity contribution in [2.45, 2.75) is 52.5 Å². The summed E-state index contributed by atoms with van der Waals surface area (Å²) in [6.45, 7) is 11.9. The second kappa shape index (κ2) is 6.15. The van der Waals surface area contributed by atoms with Crippen LogP contribution in [0.5, 0.6) is 0 Å². The summed E-state index contributed by atoms with van der Waals surface area (Å²) in [6, 6.07) is 8.82. The molecule has 0 radical (unpaired) electrons. The van der Waals surface area contributed by atoms with Gasteiger partial charge in [-0.2, -0.15) is 0 Å². The van der Waals surface area contributed by atoms with E-state index in [1.54, 1.807) is 0 Å². The fourth-order valence-corrected chi connectivity index (χ4v) is 3.35. The van der Waals surface area contributed by atoms with Crippen LogP contribution in [-0.4, -0.2) is 6.54 Å². The predicted molar refractivity (Wildman–Crippen MR) is 86.6 cm³/mol. The van der Waals surface area contributed by atoms with E-state index in [-0.39, 0.29) is 11.5 Å². The van der Waals surface area contributed by atoms with Crippen LogP contribution in [0.15, 0.2) is 28.7 Å². The summed E-state index contributed by atoms with van der Waals surface area (Å²) in [4.78, 5) is 2.74. The molecular weight excluding hydrogens is 266 g/mol.